The summed E-state index contributed by atoms with van der Waals surface area (Å²) in [6, 6.07) is 8.96. The highest BCUT2D eigenvalue weighted by Gasteiger charge is 2.15. The fourth-order valence-electron chi connectivity index (χ4n) is 1.29. The highest BCUT2D eigenvalue weighted by atomic mass is 32.2. The Bertz CT molecular complexity index is 428. The van der Waals surface area contributed by atoms with Gasteiger partial charge in [0.05, 0.1) is 11.9 Å². The number of aliphatic hydroxyl groups excluding tert-OH is 1. The predicted molar refractivity (Wildman–Crippen MR) is 67.9 cm³/mol. The summed E-state index contributed by atoms with van der Waals surface area (Å²) in [5.41, 5.74) is 0.735. The normalized spacial score (nSPS) is 13.9. The molecule has 0 unspecified atom stereocenters. The van der Waals surface area contributed by atoms with Crippen LogP contribution in [0.1, 0.15) is 19.4 Å². The molecule has 0 saturated heterocycles. The molecule has 0 amide bonds. The lowest BCUT2D eigenvalue weighted by atomic mass is 10.1. The van der Waals surface area contributed by atoms with Crippen LogP contribution < -0.4 is 4.72 Å². The van der Waals surface area contributed by atoms with Crippen LogP contribution >= 0.6 is 0 Å². The Kier molecular flexibility index (Phi) is 5.11. The van der Waals surface area contributed by atoms with Crippen LogP contribution in [0.2, 0.25) is 0 Å². The van der Waals surface area contributed by atoms with Gasteiger partial charge in [0.1, 0.15) is 0 Å². The molecular formula is C12H19NO3S. The van der Waals surface area contributed by atoms with E-state index in [-0.39, 0.29) is 18.2 Å². The summed E-state index contributed by atoms with van der Waals surface area (Å²) in [6.45, 7) is 3.75. The second-order valence-corrected chi connectivity index (χ2v) is 6.21. The Balaban J connectivity index is 2.53. The summed E-state index contributed by atoms with van der Waals surface area (Å²) in [6.07, 6.45) is -0.652. The number of hydrogen-bond acceptors (Lipinski definition) is 3. The van der Waals surface area contributed by atoms with Crippen molar-refractivity contribution in [2.45, 2.75) is 25.7 Å². The van der Waals surface area contributed by atoms with Crippen LogP contribution in [-0.4, -0.2) is 26.2 Å². The van der Waals surface area contributed by atoms with E-state index in [1.807, 2.05) is 19.9 Å². The van der Waals surface area contributed by atoms with Gasteiger partial charge in [-0.3, -0.25) is 0 Å². The van der Waals surface area contributed by atoms with Crippen LogP contribution in [0.25, 0.3) is 0 Å². The molecule has 0 spiro atoms. The number of sulfonamides is 1. The number of benzene rings is 1. The molecule has 0 fully saturated rings. The first kappa shape index (κ1) is 14.2. The fourth-order valence-corrected chi connectivity index (χ4v) is 2.45. The quantitative estimate of drug-likeness (QED) is 0.802. The molecule has 0 aliphatic heterocycles. The van der Waals surface area contributed by atoms with Gasteiger partial charge in [-0.25, -0.2) is 13.1 Å². The van der Waals surface area contributed by atoms with Gasteiger partial charge in [0.15, 0.2) is 0 Å². The molecule has 5 heteroatoms. The summed E-state index contributed by atoms with van der Waals surface area (Å²) in [5, 5.41) is 9.53. The lowest BCUT2D eigenvalue weighted by Crippen LogP contribution is -2.35. The lowest BCUT2D eigenvalue weighted by Gasteiger charge is -2.15. The number of aliphatic hydroxyl groups is 1. The van der Waals surface area contributed by atoms with E-state index in [2.05, 4.69) is 4.72 Å². The minimum Gasteiger partial charge on any atom is -0.391 e. The zero-order valence-electron chi connectivity index (χ0n) is 10.1. The van der Waals surface area contributed by atoms with Crippen molar-refractivity contribution in [2.24, 2.45) is 5.92 Å². The van der Waals surface area contributed by atoms with Crippen molar-refractivity contribution in [3.63, 3.8) is 0 Å². The molecule has 4 nitrogen and oxygen atoms in total. The van der Waals surface area contributed by atoms with E-state index in [1.54, 1.807) is 24.3 Å². The van der Waals surface area contributed by atoms with Gasteiger partial charge in [-0.1, -0.05) is 44.2 Å². The second kappa shape index (κ2) is 6.14. The predicted octanol–water partition coefficient (Wildman–Crippen LogP) is 1.12. The van der Waals surface area contributed by atoms with E-state index in [0.717, 1.165) is 5.56 Å². The third-order valence-corrected chi connectivity index (χ3v) is 3.80. The Hall–Kier alpha value is -0.910. The SMILES string of the molecule is CC(C)[C@H](O)CNS(=O)(=O)Cc1ccccc1. The molecule has 0 radical (unpaired) electrons. The van der Waals surface area contributed by atoms with Crippen molar-refractivity contribution in [3.8, 4) is 0 Å². The Morgan fingerprint density at radius 1 is 1.24 bits per heavy atom. The molecule has 1 atom stereocenters. The summed E-state index contributed by atoms with van der Waals surface area (Å²) in [5.74, 6) is -0.0204. The van der Waals surface area contributed by atoms with E-state index >= 15 is 0 Å². The molecule has 0 aromatic heterocycles. The van der Waals surface area contributed by atoms with Crippen LogP contribution in [0, 0.1) is 5.92 Å². The van der Waals surface area contributed by atoms with Crippen molar-refractivity contribution in [3.05, 3.63) is 35.9 Å². The van der Waals surface area contributed by atoms with Crippen LogP contribution in [0.15, 0.2) is 30.3 Å². The van der Waals surface area contributed by atoms with Crippen molar-refractivity contribution in [1.29, 1.82) is 0 Å². The van der Waals surface area contributed by atoms with Gasteiger partial charge in [0.2, 0.25) is 10.0 Å². The first-order valence-electron chi connectivity index (χ1n) is 5.60. The standard InChI is InChI=1S/C12H19NO3S/c1-10(2)12(14)8-13-17(15,16)9-11-6-4-3-5-7-11/h3-7,10,12-14H,8-9H2,1-2H3/t12-/m1/s1. The summed E-state index contributed by atoms with van der Waals surface area (Å²) >= 11 is 0. The first-order valence-corrected chi connectivity index (χ1v) is 7.25. The maximum atomic E-state index is 11.7. The molecule has 0 saturated carbocycles. The highest BCUT2D eigenvalue weighted by Crippen LogP contribution is 2.05. The molecule has 0 aliphatic rings. The van der Waals surface area contributed by atoms with Crippen molar-refractivity contribution in [1.82, 2.24) is 4.72 Å². The topological polar surface area (TPSA) is 66.4 Å². The monoisotopic (exact) mass is 257 g/mol. The van der Waals surface area contributed by atoms with E-state index in [9.17, 15) is 13.5 Å². The molecular weight excluding hydrogens is 238 g/mol. The van der Waals surface area contributed by atoms with Gasteiger partial charge in [-0.05, 0) is 11.5 Å². The maximum absolute atomic E-state index is 11.7. The van der Waals surface area contributed by atoms with Crippen LogP contribution in [0.3, 0.4) is 0 Å². The van der Waals surface area contributed by atoms with E-state index in [4.69, 9.17) is 0 Å². The summed E-state index contributed by atoms with van der Waals surface area (Å²) in [4.78, 5) is 0. The van der Waals surface area contributed by atoms with Gasteiger partial charge < -0.3 is 5.11 Å². The smallest absolute Gasteiger partial charge is 0.215 e. The average Bonchev–Trinajstić information content (AvgIpc) is 2.26. The zero-order valence-corrected chi connectivity index (χ0v) is 10.9. The van der Waals surface area contributed by atoms with Crippen molar-refractivity contribution in [2.75, 3.05) is 6.54 Å². The van der Waals surface area contributed by atoms with E-state index < -0.39 is 16.1 Å². The number of hydrogen-bond donors (Lipinski definition) is 2. The molecule has 0 aliphatic carbocycles. The number of rotatable bonds is 6. The fraction of sp³-hybridized carbons (Fsp3) is 0.500. The molecule has 2 N–H and O–H groups in total. The molecule has 1 rings (SSSR count). The molecule has 17 heavy (non-hydrogen) atoms. The van der Waals surface area contributed by atoms with E-state index in [1.165, 1.54) is 0 Å². The van der Waals surface area contributed by atoms with Gasteiger partial charge in [-0.15, -0.1) is 0 Å². The number of nitrogens with one attached hydrogen (secondary N) is 1. The molecule has 0 heterocycles. The molecule has 0 bridgehead atoms. The van der Waals surface area contributed by atoms with Crippen LogP contribution in [-0.2, 0) is 15.8 Å². The van der Waals surface area contributed by atoms with E-state index in [0.29, 0.717) is 0 Å². The molecule has 96 valence electrons. The van der Waals surface area contributed by atoms with Crippen LogP contribution in [0.4, 0.5) is 0 Å². The lowest BCUT2D eigenvalue weighted by molar-refractivity contribution is 0.129. The van der Waals surface area contributed by atoms with Crippen molar-refractivity contribution >= 4 is 10.0 Å². The third kappa shape index (κ3) is 5.30. The first-order chi connectivity index (χ1) is 7.91. The third-order valence-electron chi connectivity index (χ3n) is 2.48. The zero-order chi connectivity index (χ0) is 12.9. The van der Waals surface area contributed by atoms with Gasteiger partial charge >= 0.3 is 0 Å². The molecule has 1 aromatic carbocycles. The molecule has 1 aromatic rings. The van der Waals surface area contributed by atoms with Crippen molar-refractivity contribution < 1.29 is 13.5 Å². The van der Waals surface area contributed by atoms with Gasteiger partial charge in [-0.2, -0.15) is 0 Å². The Labute approximate surface area is 103 Å². The van der Waals surface area contributed by atoms with Crippen LogP contribution in [0.5, 0.6) is 0 Å². The largest absolute Gasteiger partial charge is 0.391 e. The Morgan fingerprint density at radius 2 is 1.82 bits per heavy atom. The maximum Gasteiger partial charge on any atom is 0.215 e. The minimum atomic E-state index is -3.37. The van der Waals surface area contributed by atoms with Gasteiger partial charge in [0, 0.05) is 6.54 Å². The summed E-state index contributed by atoms with van der Waals surface area (Å²) < 4.78 is 25.8. The summed E-state index contributed by atoms with van der Waals surface area (Å²) in [7, 11) is -3.37. The highest BCUT2D eigenvalue weighted by molar-refractivity contribution is 7.88. The average molecular weight is 257 g/mol. The second-order valence-electron chi connectivity index (χ2n) is 4.40. The minimum absolute atomic E-state index is 0.0365. The Morgan fingerprint density at radius 3 is 2.35 bits per heavy atom. The van der Waals surface area contributed by atoms with Gasteiger partial charge in [0.25, 0.3) is 0 Å².